The van der Waals surface area contributed by atoms with E-state index in [0.29, 0.717) is 19.6 Å². The topological polar surface area (TPSA) is 66.8 Å². The molecule has 0 aromatic rings. The minimum atomic E-state index is -0.795. The maximum absolute atomic E-state index is 12.3. The molecule has 0 aromatic heterocycles. The van der Waals surface area contributed by atoms with Gasteiger partial charge in [0.2, 0.25) is 5.91 Å². The Bertz CT molecular complexity index is 344. The van der Waals surface area contributed by atoms with E-state index in [2.05, 4.69) is 0 Å². The van der Waals surface area contributed by atoms with Crippen molar-refractivity contribution in [3.8, 4) is 0 Å². The van der Waals surface area contributed by atoms with Crippen LogP contribution < -0.4 is 0 Å². The molecule has 1 aliphatic heterocycles. The van der Waals surface area contributed by atoms with Crippen LogP contribution in [0.2, 0.25) is 0 Å². The lowest BCUT2D eigenvalue weighted by atomic mass is 9.93. The molecule has 1 saturated carbocycles. The number of ether oxygens (including phenoxy) is 1. The van der Waals surface area contributed by atoms with Gasteiger partial charge < -0.3 is 14.7 Å². The molecule has 2 rings (SSSR count). The summed E-state index contributed by atoms with van der Waals surface area (Å²) in [4.78, 5) is 25.0. The number of aliphatic carboxylic acids is 1. The van der Waals surface area contributed by atoms with Crippen LogP contribution in [0.15, 0.2) is 0 Å². The average molecular weight is 255 g/mol. The lowest BCUT2D eigenvalue weighted by molar-refractivity contribution is -0.147. The van der Waals surface area contributed by atoms with Crippen molar-refractivity contribution in [2.24, 2.45) is 11.8 Å². The number of amides is 1. The molecule has 0 radical (unpaired) electrons. The molecule has 0 spiro atoms. The van der Waals surface area contributed by atoms with Crippen molar-refractivity contribution in [1.29, 1.82) is 0 Å². The zero-order chi connectivity index (χ0) is 13.3. The number of likely N-dealkylation sites (tertiary alicyclic amines) is 1. The zero-order valence-electron chi connectivity index (χ0n) is 11.0. The van der Waals surface area contributed by atoms with E-state index in [1.165, 1.54) is 0 Å². The molecule has 18 heavy (non-hydrogen) atoms. The standard InChI is InChI=1S/C13H21NO4/c1-3-18-11-6-10(11)12(15)14-7-9(13(16)17)5-4-8(14)2/h8-11H,3-7H2,1-2H3,(H,16,17). The minimum Gasteiger partial charge on any atom is -0.481 e. The normalized spacial score (nSPS) is 35.3. The van der Waals surface area contributed by atoms with E-state index in [1.807, 2.05) is 13.8 Å². The van der Waals surface area contributed by atoms with E-state index in [1.54, 1.807) is 4.90 Å². The van der Waals surface area contributed by atoms with E-state index in [0.717, 1.165) is 12.8 Å². The summed E-state index contributed by atoms with van der Waals surface area (Å²) in [6.45, 7) is 4.89. The first-order valence-corrected chi connectivity index (χ1v) is 6.69. The van der Waals surface area contributed by atoms with Crippen LogP contribution in [-0.2, 0) is 14.3 Å². The smallest absolute Gasteiger partial charge is 0.308 e. The Hall–Kier alpha value is -1.10. The fraction of sp³-hybridized carbons (Fsp3) is 0.846. The van der Waals surface area contributed by atoms with Crippen LogP contribution in [0.1, 0.15) is 33.1 Å². The largest absolute Gasteiger partial charge is 0.481 e. The Kier molecular flexibility index (Phi) is 3.90. The summed E-state index contributed by atoms with van der Waals surface area (Å²) in [5.74, 6) is -1.17. The van der Waals surface area contributed by atoms with Gasteiger partial charge in [0, 0.05) is 19.2 Å². The second-order valence-electron chi connectivity index (χ2n) is 5.29. The molecule has 5 nitrogen and oxygen atoms in total. The van der Waals surface area contributed by atoms with Gasteiger partial charge >= 0.3 is 5.97 Å². The zero-order valence-corrected chi connectivity index (χ0v) is 11.0. The van der Waals surface area contributed by atoms with Crippen LogP contribution in [-0.4, -0.2) is 47.2 Å². The van der Waals surface area contributed by atoms with Crippen molar-refractivity contribution < 1.29 is 19.4 Å². The van der Waals surface area contributed by atoms with Crippen molar-refractivity contribution in [2.75, 3.05) is 13.2 Å². The summed E-state index contributed by atoms with van der Waals surface area (Å²) in [6.07, 6.45) is 2.28. The molecule has 1 amide bonds. The number of rotatable bonds is 4. The molecule has 2 aliphatic rings. The van der Waals surface area contributed by atoms with Crippen molar-refractivity contribution in [1.82, 2.24) is 4.90 Å². The summed E-state index contributed by atoms with van der Waals surface area (Å²) < 4.78 is 5.42. The average Bonchev–Trinajstić information content (AvgIpc) is 3.08. The summed E-state index contributed by atoms with van der Waals surface area (Å²) >= 11 is 0. The molecule has 1 N–H and O–H groups in total. The van der Waals surface area contributed by atoms with Gasteiger partial charge in [0.1, 0.15) is 0 Å². The fourth-order valence-electron chi connectivity index (χ4n) is 2.66. The molecule has 4 unspecified atom stereocenters. The van der Waals surface area contributed by atoms with E-state index < -0.39 is 11.9 Å². The first kappa shape index (κ1) is 13.3. The molecule has 102 valence electrons. The van der Waals surface area contributed by atoms with Crippen molar-refractivity contribution in [3.05, 3.63) is 0 Å². The van der Waals surface area contributed by atoms with Gasteiger partial charge in [-0.1, -0.05) is 0 Å². The summed E-state index contributed by atoms with van der Waals surface area (Å²) in [5.41, 5.74) is 0. The highest BCUT2D eigenvalue weighted by molar-refractivity contribution is 5.83. The maximum atomic E-state index is 12.3. The van der Waals surface area contributed by atoms with E-state index in [-0.39, 0.29) is 24.0 Å². The highest BCUT2D eigenvalue weighted by atomic mass is 16.5. The number of carboxylic acid groups (broad SMARTS) is 1. The molecule has 0 aromatic carbocycles. The van der Waals surface area contributed by atoms with E-state index in [4.69, 9.17) is 9.84 Å². The third kappa shape index (κ3) is 2.66. The quantitative estimate of drug-likeness (QED) is 0.817. The summed E-state index contributed by atoms with van der Waals surface area (Å²) in [5, 5.41) is 9.05. The van der Waals surface area contributed by atoms with Crippen LogP contribution in [0.5, 0.6) is 0 Å². The number of piperidine rings is 1. The molecule has 0 bridgehead atoms. The number of carbonyl (C=O) groups is 2. The first-order valence-electron chi connectivity index (χ1n) is 6.69. The van der Waals surface area contributed by atoms with Gasteiger partial charge in [-0.25, -0.2) is 0 Å². The Morgan fingerprint density at radius 3 is 2.72 bits per heavy atom. The Balaban J connectivity index is 1.94. The molecule has 4 atom stereocenters. The van der Waals surface area contributed by atoms with Gasteiger partial charge in [-0.3, -0.25) is 9.59 Å². The first-order chi connectivity index (χ1) is 8.54. The monoisotopic (exact) mass is 255 g/mol. The predicted octanol–water partition coefficient (Wildman–Crippen LogP) is 1.12. The van der Waals surface area contributed by atoms with Gasteiger partial charge in [-0.05, 0) is 33.1 Å². The molecular weight excluding hydrogens is 234 g/mol. The van der Waals surface area contributed by atoms with Crippen LogP contribution in [0, 0.1) is 11.8 Å². The molecule has 1 saturated heterocycles. The minimum absolute atomic E-state index is 0.0417. The summed E-state index contributed by atoms with van der Waals surface area (Å²) in [6, 6.07) is 0.149. The number of carboxylic acids is 1. The predicted molar refractivity (Wildman–Crippen MR) is 65.1 cm³/mol. The van der Waals surface area contributed by atoms with Crippen LogP contribution in [0.3, 0.4) is 0 Å². The van der Waals surface area contributed by atoms with Crippen molar-refractivity contribution in [2.45, 2.75) is 45.3 Å². The fourth-order valence-corrected chi connectivity index (χ4v) is 2.66. The Morgan fingerprint density at radius 2 is 2.11 bits per heavy atom. The molecule has 2 fully saturated rings. The van der Waals surface area contributed by atoms with E-state index in [9.17, 15) is 9.59 Å². The Morgan fingerprint density at radius 1 is 1.39 bits per heavy atom. The lowest BCUT2D eigenvalue weighted by Gasteiger charge is -2.36. The van der Waals surface area contributed by atoms with Gasteiger partial charge in [-0.15, -0.1) is 0 Å². The number of hydrogen-bond acceptors (Lipinski definition) is 3. The van der Waals surface area contributed by atoms with Crippen molar-refractivity contribution in [3.63, 3.8) is 0 Å². The molecule has 5 heteroatoms. The second-order valence-corrected chi connectivity index (χ2v) is 5.29. The van der Waals surface area contributed by atoms with Gasteiger partial charge in [-0.2, -0.15) is 0 Å². The number of nitrogens with zero attached hydrogens (tertiary/aromatic N) is 1. The van der Waals surface area contributed by atoms with Crippen LogP contribution in [0.25, 0.3) is 0 Å². The second kappa shape index (κ2) is 5.26. The lowest BCUT2D eigenvalue weighted by Crippen LogP contribution is -2.48. The van der Waals surface area contributed by atoms with Crippen LogP contribution in [0.4, 0.5) is 0 Å². The maximum Gasteiger partial charge on any atom is 0.308 e. The summed E-state index contributed by atoms with van der Waals surface area (Å²) in [7, 11) is 0. The highest BCUT2D eigenvalue weighted by Crippen LogP contribution is 2.37. The van der Waals surface area contributed by atoms with Crippen molar-refractivity contribution >= 4 is 11.9 Å². The molecule has 1 aliphatic carbocycles. The van der Waals surface area contributed by atoms with Gasteiger partial charge in [0.15, 0.2) is 0 Å². The molecule has 1 heterocycles. The SMILES string of the molecule is CCOC1CC1C(=O)N1CC(C(=O)O)CCC1C. The number of hydrogen-bond donors (Lipinski definition) is 1. The van der Waals surface area contributed by atoms with Gasteiger partial charge in [0.05, 0.1) is 17.9 Å². The third-order valence-electron chi connectivity index (χ3n) is 3.94. The Labute approximate surface area is 107 Å². The number of carbonyl (C=O) groups excluding carboxylic acids is 1. The van der Waals surface area contributed by atoms with Gasteiger partial charge in [0.25, 0.3) is 0 Å². The van der Waals surface area contributed by atoms with E-state index >= 15 is 0 Å². The molecular formula is C13H21NO4. The highest BCUT2D eigenvalue weighted by Gasteiger charge is 2.47. The van der Waals surface area contributed by atoms with Crippen LogP contribution >= 0.6 is 0 Å². The third-order valence-corrected chi connectivity index (χ3v) is 3.94.